The number of hydrogen-bond donors (Lipinski definition) is 1. The second-order valence-electron chi connectivity index (χ2n) is 9.93. The van der Waals surface area contributed by atoms with Gasteiger partial charge in [-0.3, -0.25) is 9.59 Å². The fourth-order valence-corrected chi connectivity index (χ4v) is 4.71. The molecule has 214 valence electrons. The Morgan fingerprint density at radius 3 is 2.63 bits per heavy atom. The minimum absolute atomic E-state index is 0.224. The van der Waals surface area contributed by atoms with Crippen LogP contribution in [0.25, 0.3) is 33.5 Å². The molecule has 0 fully saturated rings. The van der Waals surface area contributed by atoms with Crippen molar-refractivity contribution in [2.75, 3.05) is 30.9 Å². The number of anilines is 2. The lowest BCUT2D eigenvalue weighted by Gasteiger charge is -2.16. The number of furan rings is 1. The molecule has 6 rings (SSSR count). The van der Waals surface area contributed by atoms with E-state index in [0.717, 1.165) is 11.1 Å². The van der Waals surface area contributed by atoms with Crippen molar-refractivity contribution in [3.63, 3.8) is 0 Å². The van der Waals surface area contributed by atoms with Gasteiger partial charge >= 0.3 is 0 Å². The molecule has 0 aliphatic carbocycles. The van der Waals surface area contributed by atoms with Gasteiger partial charge in [0.25, 0.3) is 11.5 Å². The van der Waals surface area contributed by atoms with E-state index in [2.05, 4.69) is 10.4 Å². The summed E-state index contributed by atoms with van der Waals surface area (Å²) in [6.07, 6.45) is 1.50. The molecule has 0 spiro atoms. The molecule has 0 saturated heterocycles. The van der Waals surface area contributed by atoms with Crippen molar-refractivity contribution in [3.8, 4) is 17.3 Å². The largest absolute Gasteiger partial charge is 0.483 e. The third kappa shape index (κ3) is 5.98. The number of carbonyl (C=O) groups is 1. The van der Waals surface area contributed by atoms with Gasteiger partial charge in [0.15, 0.2) is 12.4 Å². The molecule has 4 aromatic carbocycles. The zero-order valence-corrected chi connectivity index (χ0v) is 24.1. The van der Waals surface area contributed by atoms with Crippen LogP contribution in [0, 0.1) is 0 Å². The third-order valence-electron chi connectivity index (χ3n) is 6.69. The first-order valence-electron chi connectivity index (χ1n) is 13.4. The molecule has 9 nitrogen and oxygen atoms in total. The first kappa shape index (κ1) is 27.7. The van der Waals surface area contributed by atoms with Crippen LogP contribution in [-0.4, -0.2) is 42.5 Å². The van der Waals surface area contributed by atoms with Gasteiger partial charge in [-0.2, -0.15) is 9.78 Å². The summed E-state index contributed by atoms with van der Waals surface area (Å²) in [6.45, 7) is -0.225. The summed E-state index contributed by atoms with van der Waals surface area (Å²) in [5.41, 5.74) is 2.83. The first-order chi connectivity index (χ1) is 20.9. The Morgan fingerprint density at radius 1 is 1.02 bits per heavy atom. The number of carbonyl (C=O) groups excluding carboxylic acids is 1. The summed E-state index contributed by atoms with van der Waals surface area (Å²) < 4.78 is 13.2. The number of ether oxygens (including phenoxy) is 1. The van der Waals surface area contributed by atoms with E-state index < -0.39 is 0 Å². The van der Waals surface area contributed by atoms with Crippen LogP contribution in [-0.2, 0) is 4.79 Å². The van der Waals surface area contributed by atoms with Crippen molar-refractivity contribution in [3.05, 3.63) is 118 Å². The van der Waals surface area contributed by atoms with Crippen LogP contribution in [0.2, 0.25) is 5.02 Å². The number of fused-ring (bicyclic) bond motifs is 2. The zero-order chi connectivity index (χ0) is 29.9. The normalized spacial score (nSPS) is 11.3. The van der Waals surface area contributed by atoms with Crippen LogP contribution >= 0.6 is 11.6 Å². The number of para-hydroxylation sites is 2. The van der Waals surface area contributed by atoms with Crippen LogP contribution in [0.4, 0.5) is 11.4 Å². The summed E-state index contributed by atoms with van der Waals surface area (Å²) >= 11 is 6.18. The Kier molecular flexibility index (Phi) is 7.63. The van der Waals surface area contributed by atoms with Crippen LogP contribution in [0.1, 0.15) is 5.56 Å². The molecule has 0 bridgehead atoms. The minimum atomic E-state index is -0.370. The molecule has 43 heavy (non-hydrogen) atoms. The van der Waals surface area contributed by atoms with E-state index >= 15 is 0 Å². The van der Waals surface area contributed by atoms with Gasteiger partial charge in [-0.05, 0) is 60.7 Å². The van der Waals surface area contributed by atoms with Crippen molar-refractivity contribution in [1.82, 2.24) is 9.66 Å². The molecule has 1 N–H and O–H groups in total. The second kappa shape index (κ2) is 11.8. The van der Waals surface area contributed by atoms with Gasteiger partial charge in [0.2, 0.25) is 5.82 Å². The summed E-state index contributed by atoms with van der Waals surface area (Å²) in [5, 5.41) is 9.10. The molecular weight excluding hydrogens is 566 g/mol. The van der Waals surface area contributed by atoms with E-state index in [1.165, 1.54) is 10.9 Å². The van der Waals surface area contributed by atoms with Crippen LogP contribution < -0.4 is 20.5 Å². The molecule has 0 saturated carbocycles. The number of rotatable bonds is 8. The van der Waals surface area contributed by atoms with E-state index in [0.29, 0.717) is 44.3 Å². The van der Waals surface area contributed by atoms with Gasteiger partial charge in [-0.25, -0.2) is 4.98 Å². The predicted molar refractivity (Wildman–Crippen MR) is 171 cm³/mol. The molecule has 0 unspecified atom stereocenters. The van der Waals surface area contributed by atoms with Gasteiger partial charge in [0.05, 0.1) is 17.1 Å². The monoisotopic (exact) mass is 591 g/mol. The number of amides is 1. The maximum Gasteiger partial charge on any atom is 0.282 e. The molecule has 10 heteroatoms. The molecule has 2 aromatic heterocycles. The van der Waals surface area contributed by atoms with Crippen molar-refractivity contribution in [1.29, 1.82) is 0 Å². The van der Waals surface area contributed by atoms with E-state index in [9.17, 15) is 9.59 Å². The fourth-order valence-electron chi connectivity index (χ4n) is 4.53. The van der Waals surface area contributed by atoms with Crippen LogP contribution in [0.3, 0.4) is 0 Å². The summed E-state index contributed by atoms with van der Waals surface area (Å²) in [4.78, 5) is 32.9. The quantitative estimate of drug-likeness (QED) is 0.205. The number of hydrogen-bond acceptors (Lipinski definition) is 7. The molecule has 0 radical (unpaired) electrons. The molecule has 0 aliphatic rings. The topological polar surface area (TPSA) is 102 Å². The average Bonchev–Trinajstić information content (AvgIpc) is 3.43. The lowest BCUT2D eigenvalue weighted by atomic mass is 10.2. The van der Waals surface area contributed by atoms with Crippen LogP contribution in [0.5, 0.6) is 5.75 Å². The molecule has 0 aliphatic heterocycles. The highest BCUT2D eigenvalue weighted by atomic mass is 35.5. The number of nitrogens with zero attached hydrogens (tertiary/aromatic N) is 4. The number of benzene rings is 4. The summed E-state index contributed by atoms with van der Waals surface area (Å²) in [6, 6.07) is 28.7. The Balaban J connectivity index is 1.39. The minimum Gasteiger partial charge on any atom is -0.483 e. The number of nitrogens with one attached hydrogen (secondary N) is 1. The summed E-state index contributed by atoms with van der Waals surface area (Å²) in [5.74, 6) is 0.683. The average molecular weight is 592 g/mol. The van der Waals surface area contributed by atoms with Crippen molar-refractivity contribution in [2.45, 2.75) is 0 Å². The smallest absolute Gasteiger partial charge is 0.282 e. The Hall–Kier alpha value is -5.41. The first-order valence-corrected chi connectivity index (χ1v) is 13.8. The predicted octanol–water partition coefficient (Wildman–Crippen LogP) is 6.43. The van der Waals surface area contributed by atoms with E-state index in [1.54, 1.807) is 54.6 Å². The molecular formula is C33H26ClN5O4. The Labute approximate surface area is 251 Å². The maximum absolute atomic E-state index is 13.7. The van der Waals surface area contributed by atoms with Gasteiger partial charge < -0.3 is 19.4 Å². The third-order valence-corrected chi connectivity index (χ3v) is 6.93. The van der Waals surface area contributed by atoms with Gasteiger partial charge in [-0.1, -0.05) is 41.9 Å². The van der Waals surface area contributed by atoms with Crippen LogP contribution in [0.15, 0.2) is 111 Å². The van der Waals surface area contributed by atoms with Crippen molar-refractivity contribution < 1.29 is 13.9 Å². The van der Waals surface area contributed by atoms with Gasteiger partial charge in [-0.15, -0.1) is 0 Å². The highest BCUT2D eigenvalue weighted by Gasteiger charge is 2.17. The van der Waals surface area contributed by atoms with Crippen molar-refractivity contribution >= 4 is 57.0 Å². The van der Waals surface area contributed by atoms with E-state index in [4.69, 9.17) is 25.7 Å². The Morgan fingerprint density at radius 2 is 1.81 bits per heavy atom. The molecule has 1 amide bonds. The highest BCUT2D eigenvalue weighted by Crippen LogP contribution is 2.29. The number of halogens is 1. The standard InChI is InChI=1S/C33H26ClN5O4/c1-38(2)25-14-12-21(29(18-25)42-20-31(40)36-24-8-4-3-5-9-24)19-35-39-32(37-27-11-7-6-10-26(27)33(39)41)30-17-22-16-23(34)13-15-28(22)43-30/h3-19H,20H2,1-2H3,(H,36,40). The van der Waals surface area contributed by atoms with Crippen molar-refractivity contribution in [2.24, 2.45) is 5.10 Å². The Bertz CT molecular complexity index is 2050. The van der Waals surface area contributed by atoms with E-state index in [1.807, 2.05) is 61.5 Å². The SMILES string of the molecule is CN(C)c1ccc(C=Nn2c(-c3cc4cc(Cl)ccc4o3)nc3ccccc3c2=O)c(OCC(=O)Nc2ccccc2)c1. The maximum atomic E-state index is 13.7. The zero-order valence-electron chi connectivity index (χ0n) is 23.3. The fraction of sp³-hybridized carbons (Fsp3) is 0.0909. The lowest BCUT2D eigenvalue weighted by molar-refractivity contribution is -0.118. The molecule has 2 heterocycles. The number of aromatic nitrogens is 2. The lowest BCUT2D eigenvalue weighted by Crippen LogP contribution is -2.21. The van der Waals surface area contributed by atoms with Gasteiger partial charge in [0.1, 0.15) is 11.3 Å². The van der Waals surface area contributed by atoms with Gasteiger partial charge in [0, 0.05) is 47.5 Å². The summed E-state index contributed by atoms with van der Waals surface area (Å²) in [7, 11) is 3.81. The highest BCUT2D eigenvalue weighted by molar-refractivity contribution is 6.31. The molecule has 6 aromatic rings. The molecule has 0 atom stereocenters. The second-order valence-corrected chi connectivity index (χ2v) is 10.4. The van der Waals surface area contributed by atoms with E-state index in [-0.39, 0.29) is 23.9 Å².